The van der Waals surface area contributed by atoms with E-state index in [2.05, 4.69) is 27.4 Å². The number of aromatic nitrogens is 4. The lowest BCUT2D eigenvalue weighted by atomic mass is 10.2. The Hall–Kier alpha value is -2.02. The van der Waals surface area contributed by atoms with Crippen molar-refractivity contribution in [2.75, 3.05) is 5.32 Å². The molecule has 2 N–H and O–H groups in total. The number of pyridine rings is 1. The zero-order chi connectivity index (χ0) is 14.3. The minimum absolute atomic E-state index is 0.0619. The SMILES string of the molecule is C[C@@H]1C[C@@H]1C(=O)Nc1cncc(-c2n[nH]c(=S)n2C)c1. The third-order valence-electron chi connectivity index (χ3n) is 3.59. The van der Waals surface area contributed by atoms with Gasteiger partial charge in [-0.05, 0) is 30.6 Å². The van der Waals surface area contributed by atoms with E-state index in [9.17, 15) is 4.79 Å². The topological polar surface area (TPSA) is 75.6 Å². The fraction of sp³-hybridized carbons (Fsp3) is 0.385. The number of hydrogen-bond acceptors (Lipinski definition) is 4. The number of anilines is 1. The summed E-state index contributed by atoms with van der Waals surface area (Å²) in [5.41, 5.74) is 1.49. The molecule has 1 fully saturated rings. The highest BCUT2D eigenvalue weighted by Gasteiger charge is 2.39. The Morgan fingerprint density at radius 3 is 2.90 bits per heavy atom. The summed E-state index contributed by atoms with van der Waals surface area (Å²) < 4.78 is 2.31. The Morgan fingerprint density at radius 1 is 1.55 bits per heavy atom. The molecule has 6 nitrogen and oxygen atoms in total. The fourth-order valence-corrected chi connectivity index (χ4v) is 2.29. The van der Waals surface area contributed by atoms with Crippen LogP contribution in [-0.4, -0.2) is 25.7 Å². The third-order valence-corrected chi connectivity index (χ3v) is 3.96. The lowest BCUT2D eigenvalue weighted by Crippen LogP contribution is -2.14. The zero-order valence-electron chi connectivity index (χ0n) is 11.3. The Labute approximate surface area is 121 Å². The lowest BCUT2D eigenvalue weighted by molar-refractivity contribution is -0.117. The van der Waals surface area contributed by atoms with E-state index < -0.39 is 0 Å². The Bertz CT molecular complexity index is 720. The van der Waals surface area contributed by atoms with Gasteiger partial charge >= 0.3 is 0 Å². The van der Waals surface area contributed by atoms with Gasteiger partial charge in [0.15, 0.2) is 10.6 Å². The molecule has 0 spiro atoms. The standard InChI is InChI=1S/C13H15N5OS/c1-7-3-10(7)12(19)15-9-4-8(5-14-6-9)11-16-17-13(20)18(11)2/h4-7,10H,3H2,1-2H3,(H,15,19)(H,17,20)/t7-,10+/m1/s1. The van der Waals surface area contributed by atoms with Gasteiger partial charge in [-0.1, -0.05) is 6.92 Å². The van der Waals surface area contributed by atoms with Crippen LogP contribution in [0, 0.1) is 16.6 Å². The van der Waals surface area contributed by atoms with Gasteiger partial charge in [-0.15, -0.1) is 0 Å². The summed E-state index contributed by atoms with van der Waals surface area (Å²) >= 11 is 5.09. The van der Waals surface area contributed by atoms with Gasteiger partial charge < -0.3 is 9.88 Å². The van der Waals surface area contributed by atoms with Gasteiger partial charge in [-0.25, -0.2) is 0 Å². The number of rotatable bonds is 3. The predicted octanol–water partition coefficient (Wildman–Crippen LogP) is 2.13. The molecule has 0 saturated heterocycles. The van der Waals surface area contributed by atoms with Gasteiger partial charge in [-0.3, -0.25) is 14.9 Å². The van der Waals surface area contributed by atoms with Crippen LogP contribution >= 0.6 is 12.2 Å². The average molecular weight is 289 g/mol. The van der Waals surface area contributed by atoms with Crippen LogP contribution in [-0.2, 0) is 11.8 Å². The quantitative estimate of drug-likeness (QED) is 0.849. The summed E-state index contributed by atoms with van der Waals surface area (Å²) in [5.74, 6) is 1.38. The highest BCUT2D eigenvalue weighted by Crippen LogP contribution is 2.38. The van der Waals surface area contributed by atoms with Crippen molar-refractivity contribution >= 4 is 23.8 Å². The molecule has 0 radical (unpaired) electrons. The molecule has 20 heavy (non-hydrogen) atoms. The largest absolute Gasteiger partial charge is 0.324 e. The minimum atomic E-state index is 0.0619. The average Bonchev–Trinajstić information content (AvgIpc) is 3.07. The first-order valence-electron chi connectivity index (χ1n) is 6.44. The molecule has 2 heterocycles. The van der Waals surface area contributed by atoms with Crippen molar-refractivity contribution in [2.24, 2.45) is 18.9 Å². The molecule has 2 aromatic rings. The first-order valence-corrected chi connectivity index (χ1v) is 6.85. The number of H-pyrrole nitrogens is 1. The van der Waals surface area contributed by atoms with E-state index in [4.69, 9.17) is 12.2 Å². The van der Waals surface area contributed by atoms with E-state index in [1.807, 2.05) is 13.1 Å². The first-order chi connectivity index (χ1) is 9.56. The first kappa shape index (κ1) is 13.0. The van der Waals surface area contributed by atoms with Gasteiger partial charge in [0.05, 0.1) is 11.9 Å². The lowest BCUT2D eigenvalue weighted by Gasteiger charge is -2.06. The van der Waals surface area contributed by atoms with Crippen LogP contribution < -0.4 is 5.32 Å². The van der Waals surface area contributed by atoms with E-state index in [0.717, 1.165) is 12.0 Å². The Kier molecular flexibility index (Phi) is 3.13. The summed E-state index contributed by atoms with van der Waals surface area (Å²) in [6.07, 6.45) is 4.29. The van der Waals surface area contributed by atoms with Crippen LogP contribution in [0.15, 0.2) is 18.5 Å². The summed E-state index contributed by atoms with van der Waals surface area (Å²) in [6, 6.07) is 1.85. The van der Waals surface area contributed by atoms with Gasteiger partial charge in [-0.2, -0.15) is 5.10 Å². The molecule has 1 aliphatic carbocycles. The maximum Gasteiger partial charge on any atom is 0.227 e. The molecule has 7 heteroatoms. The van der Waals surface area contributed by atoms with Crippen LogP contribution in [0.2, 0.25) is 0 Å². The molecule has 0 aliphatic heterocycles. The van der Waals surface area contributed by atoms with Crippen molar-refractivity contribution in [3.63, 3.8) is 0 Å². The molecule has 0 aromatic carbocycles. The maximum atomic E-state index is 11.9. The van der Waals surface area contributed by atoms with Crippen LogP contribution in [0.25, 0.3) is 11.4 Å². The van der Waals surface area contributed by atoms with Crippen LogP contribution in [0.4, 0.5) is 5.69 Å². The normalized spacial score (nSPS) is 20.7. The Balaban J connectivity index is 1.84. The number of nitrogens with one attached hydrogen (secondary N) is 2. The second kappa shape index (κ2) is 4.82. The number of hydrogen-bond donors (Lipinski definition) is 2. The molecular weight excluding hydrogens is 274 g/mol. The molecule has 2 atom stereocenters. The van der Waals surface area contributed by atoms with E-state index in [1.54, 1.807) is 17.0 Å². The van der Waals surface area contributed by atoms with Crippen molar-refractivity contribution in [3.05, 3.63) is 23.2 Å². The van der Waals surface area contributed by atoms with Gasteiger partial charge in [0.2, 0.25) is 5.91 Å². The zero-order valence-corrected chi connectivity index (χ0v) is 12.1. The molecule has 3 rings (SSSR count). The fourth-order valence-electron chi connectivity index (χ4n) is 2.16. The Morgan fingerprint density at radius 2 is 2.30 bits per heavy atom. The van der Waals surface area contributed by atoms with E-state index >= 15 is 0 Å². The smallest absolute Gasteiger partial charge is 0.227 e. The molecule has 0 bridgehead atoms. The van der Waals surface area contributed by atoms with Crippen molar-refractivity contribution in [3.8, 4) is 11.4 Å². The monoisotopic (exact) mass is 289 g/mol. The molecule has 2 aromatic heterocycles. The number of amides is 1. The van der Waals surface area contributed by atoms with Gasteiger partial charge in [0.1, 0.15) is 0 Å². The summed E-state index contributed by atoms with van der Waals surface area (Å²) in [6.45, 7) is 2.08. The molecular formula is C13H15N5OS. The summed E-state index contributed by atoms with van der Waals surface area (Å²) in [5, 5.41) is 9.78. The predicted molar refractivity (Wildman–Crippen MR) is 77.5 cm³/mol. The van der Waals surface area contributed by atoms with Crippen LogP contribution in [0.3, 0.4) is 0 Å². The van der Waals surface area contributed by atoms with E-state index in [0.29, 0.717) is 22.2 Å². The van der Waals surface area contributed by atoms with Crippen LogP contribution in [0.5, 0.6) is 0 Å². The highest BCUT2D eigenvalue weighted by molar-refractivity contribution is 7.71. The van der Waals surface area contributed by atoms with E-state index in [-0.39, 0.29) is 11.8 Å². The van der Waals surface area contributed by atoms with Gasteiger partial charge in [0, 0.05) is 24.7 Å². The number of carbonyl (C=O) groups excluding carboxylic acids is 1. The molecule has 104 valence electrons. The molecule has 1 saturated carbocycles. The minimum Gasteiger partial charge on any atom is -0.324 e. The molecule has 1 aliphatic rings. The van der Waals surface area contributed by atoms with Gasteiger partial charge in [0.25, 0.3) is 0 Å². The molecule has 1 amide bonds. The van der Waals surface area contributed by atoms with E-state index in [1.165, 1.54) is 0 Å². The molecule has 0 unspecified atom stereocenters. The van der Waals surface area contributed by atoms with Crippen molar-refractivity contribution in [1.82, 2.24) is 19.7 Å². The highest BCUT2D eigenvalue weighted by atomic mass is 32.1. The van der Waals surface area contributed by atoms with Crippen molar-refractivity contribution in [2.45, 2.75) is 13.3 Å². The second-order valence-corrected chi connectivity index (χ2v) is 5.57. The number of nitrogens with zero attached hydrogens (tertiary/aromatic N) is 3. The van der Waals surface area contributed by atoms with Crippen LogP contribution in [0.1, 0.15) is 13.3 Å². The second-order valence-electron chi connectivity index (χ2n) is 5.18. The number of aromatic amines is 1. The van der Waals surface area contributed by atoms with Crippen molar-refractivity contribution < 1.29 is 4.79 Å². The summed E-state index contributed by atoms with van der Waals surface area (Å²) in [7, 11) is 1.83. The maximum absolute atomic E-state index is 11.9. The number of carbonyl (C=O) groups is 1. The van der Waals surface area contributed by atoms with Crippen molar-refractivity contribution in [1.29, 1.82) is 0 Å². The third kappa shape index (κ3) is 2.36. The summed E-state index contributed by atoms with van der Waals surface area (Å²) in [4.78, 5) is 16.1.